The molecule has 3 N–H and O–H groups in total. The number of methoxy groups -OCH3 is 1. The van der Waals surface area contributed by atoms with E-state index in [2.05, 4.69) is 45.3 Å². The summed E-state index contributed by atoms with van der Waals surface area (Å²) in [5.74, 6) is 3.72. The van der Waals surface area contributed by atoms with Crippen LogP contribution in [0.5, 0.6) is 0 Å². The van der Waals surface area contributed by atoms with E-state index < -0.39 is 0 Å². The van der Waals surface area contributed by atoms with Gasteiger partial charge in [0, 0.05) is 31.6 Å². The second kappa shape index (κ2) is 11.0. The number of rotatable bonds is 9. The average molecular weight is 491 g/mol. The number of esters is 1. The molecule has 4 saturated carbocycles. The van der Waals surface area contributed by atoms with Gasteiger partial charge in [0.05, 0.1) is 13.2 Å². The monoisotopic (exact) mass is 490 g/mol. The Balaban J connectivity index is 1.40. The first-order chi connectivity index (χ1) is 16.6. The summed E-state index contributed by atoms with van der Waals surface area (Å²) in [6.07, 6.45) is 11.2. The van der Waals surface area contributed by atoms with Crippen molar-refractivity contribution in [2.24, 2.45) is 46.3 Å². The first-order valence-electron chi connectivity index (χ1n) is 14.8. The summed E-state index contributed by atoms with van der Waals surface area (Å²) in [6, 6.07) is 1.21. The minimum atomic E-state index is -0.213. The van der Waals surface area contributed by atoms with Crippen molar-refractivity contribution >= 4 is 5.97 Å². The molecule has 0 saturated heterocycles. The molecular formula is C30H54N2O3. The Kier molecular flexibility index (Phi) is 8.60. The summed E-state index contributed by atoms with van der Waals surface area (Å²) in [7, 11) is 1.48. The first kappa shape index (κ1) is 27.4. The topological polar surface area (TPSA) is 70.6 Å². The second-order valence-corrected chi connectivity index (χ2v) is 13.6. The van der Waals surface area contributed by atoms with Crippen LogP contribution >= 0.6 is 0 Å². The van der Waals surface area contributed by atoms with E-state index in [-0.39, 0.29) is 17.5 Å². The van der Waals surface area contributed by atoms with Crippen LogP contribution in [-0.4, -0.2) is 49.5 Å². The molecule has 3 unspecified atom stereocenters. The van der Waals surface area contributed by atoms with E-state index in [0.29, 0.717) is 47.6 Å². The average Bonchev–Trinajstić information content (AvgIpc) is 3.19. The van der Waals surface area contributed by atoms with Crippen molar-refractivity contribution in [3.63, 3.8) is 0 Å². The Hall–Kier alpha value is -0.650. The highest BCUT2D eigenvalue weighted by molar-refractivity contribution is 5.69. The van der Waals surface area contributed by atoms with Gasteiger partial charge in [0.1, 0.15) is 0 Å². The second-order valence-electron chi connectivity index (χ2n) is 13.6. The van der Waals surface area contributed by atoms with Crippen LogP contribution in [0.2, 0.25) is 0 Å². The SMILES string of the molecule is COC(=O)CC[C@@H](C)[C@H]1CCC2C3CC[C@@H]4C[C@@H](NCCNC(C)C)CC[C@]4(C)C3C[C@H](O)[C@@]21C. The van der Waals surface area contributed by atoms with Crippen molar-refractivity contribution in [2.45, 2.75) is 117 Å². The molecule has 0 radical (unpaired) electrons. The van der Waals surface area contributed by atoms with Crippen molar-refractivity contribution in [3.8, 4) is 0 Å². The van der Waals surface area contributed by atoms with Gasteiger partial charge in [-0.05, 0) is 104 Å². The predicted molar refractivity (Wildman–Crippen MR) is 142 cm³/mol. The van der Waals surface area contributed by atoms with Crippen molar-refractivity contribution in [1.82, 2.24) is 10.6 Å². The lowest BCUT2D eigenvalue weighted by molar-refractivity contribution is -0.170. The lowest BCUT2D eigenvalue weighted by Gasteiger charge is -2.62. The zero-order valence-electron chi connectivity index (χ0n) is 23.4. The molecule has 4 fully saturated rings. The standard InChI is InChI=1S/C30H54N2O3/c1-19(2)31-15-16-32-22-13-14-29(4)21(17-22)8-9-23-25-11-10-24(20(3)7-12-28(34)35-6)30(25,5)27(33)18-26(23)29/h19-27,31-33H,7-18H2,1-6H3/t20-,21-,22+,23?,24-,25?,26?,27+,29+,30-/m1/s1. The maximum atomic E-state index is 11.8. The van der Waals surface area contributed by atoms with Gasteiger partial charge in [-0.15, -0.1) is 0 Å². The molecule has 35 heavy (non-hydrogen) atoms. The third-order valence-corrected chi connectivity index (χ3v) is 11.7. The van der Waals surface area contributed by atoms with Crippen LogP contribution in [0.3, 0.4) is 0 Å². The van der Waals surface area contributed by atoms with E-state index >= 15 is 0 Å². The molecule has 0 bridgehead atoms. The van der Waals surface area contributed by atoms with Gasteiger partial charge < -0.3 is 20.5 Å². The van der Waals surface area contributed by atoms with Gasteiger partial charge in [0.2, 0.25) is 0 Å². The van der Waals surface area contributed by atoms with Gasteiger partial charge in [-0.2, -0.15) is 0 Å². The molecule has 0 heterocycles. The smallest absolute Gasteiger partial charge is 0.305 e. The summed E-state index contributed by atoms with van der Waals surface area (Å²) < 4.78 is 4.90. The highest BCUT2D eigenvalue weighted by Crippen LogP contribution is 2.68. The first-order valence-corrected chi connectivity index (χ1v) is 14.8. The lowest BCUT2D eigenvalue weighted by atomic mass is 9.43. The molecule has 202 valence electrons. The molecule has 4 aliphatic carbocycles. The fourth-order valence-corrected chi connectivity index (χ4v) is 9.65. The predicted octanol–water partition coefficient (Wildman–Crippen LogP) is 5.16. The third-order valence-electron chi connectivity index (χ3n) is 11.7. The molecule has 5 nitrogen and oxygen atoms in total. The van der Waals surface area contributed by atoms with E-state index in [9.17, 15) is 9.90 Å². The third kappa shape index (κ3) is 5.21. The molecule has 0 aromatic rings. The fourth-order valence-electron chi connectivity index (χ4n) is 9.65. The Morgan fingerprint density at radius 1 is 1.03 bits per heavy atom. The molecular weight excluding hydrogens is 436 g/mol. The van der Waals surface area contributed by atoms with Crippen molar-refractivity contribution in [3.05, 3.63) is 0 Å². The van der Waals surface area contributed by atoms with Crippen molar-refractivity contribution in [2.75, 3.05) is 20.2 Å². The molecule has 0 amide bonds. The van der Waals surface area contributed by atoms with Crippen LogP contribution in [0.25, 0.3) is 0 Å². The minimum Gasteiger partial charge on any atom is -0.469 e. The Labute approximate surface area is 214 Å². The number of fused-ring (bicyclic) bond motifs is 5. The summed E-state index contributed by atoms with van der Waals surface area (Å²) in [6.45, 7) is 13.8. The van der Waals surface area contributed by atoms with E-state index in [1.807, 2.05) is 0 Å². The summed E-state index contributed by atoms with van der Waals surface area (Å²) in [5.41, 5.74) is 0.385. The van der Waals surface area contributed by atoms with Gasteiger partial charge in [-0.25, -0.2) is 0 Å². The summed E-state index contributed by atoms with van der Waals surface area (Å²) >= 11 is 0. The summed E-state index contributed by atoms with van der Waals surface area (Å²) in [5, 5.41) is 19.1. The number of aliphatic hydroxyl groups excluding tert-OH is 1. The molecule has 5 heteroatoms. The van der Waals surface area contributed by atoms with E-state index in [0.717, 1.165) is 37.8 Å². The van der Waals surface area contributed by atoms with Gasteiger partial charge >= 0.3 is 5.97 Å². The number of ether oxygens (including phenoxy) is 1. The largest absolute Gasteiger partial charge is 0.469 e. The molecule has 0 aliphatic heterocycles. The minimum absolute atomic E-state index is 0.00206. The van der Waals surface area contributed by atoms with Crippen LogP contribution in [0.15, 0.2) is 0 Å². The van der Waals surface area contributed by atoms with Crippen molar-refractivity contribution < 1.29 is 14.6 Å². The number of carbonyl (C=O) groups is 1. The maximum Gasteiger partial charge on any atom is 0.305 e. The molecule has 4 aliphatic rings. The zero-order chi connectivity index (χ0) is 25.4. The summed E-state index contributed by atoms with van der Waals surface area (Å²) in [4.78, 5) is 11.8. The van der Waals surface area contributed by atoms with Gasteiger partial charge in [0.15, 0.2) is 0 Å². The number of hydrogen-bond donors (Lipinski definition) is 3. The number of aliphatic hydroxyl groups is 1. The van der Waals surface area contributed by atoms with Gasteiger partial charge in [-0.3, -0.25) is 4.79 Å². The lowest BCUT2D eigenvalue weighted by Crippen LogP contribution is -2.59. The highest BCUT2D eigenvalue weighted by Gasteiger charge is 2.63. The van der Waals surface area contributed by atoms with Crippen molar-refractivity contribution in [1.29, 1.82) is 0 Å². The number of carbonyl (C=O) groups excluding carboxylic acids is 1. The zero-order valence-corrected chi connectivity index (χ0v) is 23.4. The number of hydrogen-bond acceptors (Lipinski definition) is 5. The van der Waals surface area contributed by atoms with Crippen LogP contribution in [0.1, 0.15) is 98.8 Å². The quantitative estimate of drug-likeness (QED) is 0.308. The fraction of sp³-hybridized carbons (Fsp3) is 0.967. The molecule has 0 aromatic heterocycles. The normalized spacial score (nSPS) is 43.8. The maximum absolute atomic E-state index is 11.8. The van der Waals surface area contributed by atoms with Gasteiger partial charge in [-0.1, -0.05) is 34.6 Å². The Morgan fingerprint density at radius 3 is 2.51 bits per heavy atom. The molecule has 0 aromatic carbocycles. The Morgan fingerprint density at radius 2 is 1.80 bits per heavy atom. The van der Waals surface area contributed by atoms with Crippen LogP contribution < -0.4 is 10.6 Å². The van der Waals surface area contributed by atoms with E-state index in [4.69, 9.17) is 4.74 Å². The molecule has 10 atom stereocenters. The van der Waals surface area contributed by atoms with E-state index in [1.165, 1.54) is 52.1 Å². The Bertz CT molecular complexity index is 728. The van der Waals surface area contributed by atoms with Crippen LogP contribution in [0, 0.1) is 46.3 Å². The van der Waals surface area contributed by atoms with Gasteiger partial charge in [0.25, 0.3) is 0 Å². The molecule has 4 rings (SSSR count). The van der Waals surface area contributed by atoms with Crippen LogP contribution in [-0.2, 0) is 9.53 Å². The van der Waals surface area contributed by atoms with E-state index in [1.54, 1.807) is 0 Å². The molecule has 0 spiro atoms. The highest BCUT2D eigenvalue weighted by atomic mass is 16.5. The van der Waals surface area contributed by atoms with Crippen LogP contribution in [0.4, 0.5) is 0 Å². The number of nitrogens with one attached hydrogen (secondary N) is 2.